The van der Waals surface area contributed by atoms with E-state index in [4.69, 9.17) is 5.26 Å². The second kappa shape index (κ2) is 5.77. The predicted octanol–water partition coefficient (Wildman–Crippen LogP) is 3.37. The normalized spacial score (nSPS) is 11.2. The summed E-state index contributed by atoms with van der Waals surface area (Å²) < 4.78 is 2.12. The molecule has 0 fully saturated rings. The van der Waals surface area contributed by atoms with Crippen LogP contribution in [0.2, 0.25) is 0 Å². The van der Waals surface area contributed by atoms with E-state index in [1.165, 1.54) is 11.4 Å². The monoisotopic (exact) mass is 233 g/mol. The molecule has 0 bridgehead atoms. The first kappa shape index (κ1) is 13.6. The number of aromatic nitrogens is 1. The summed E-state index contributed by atoms with van der Waals surface area (Å²) in [5.41, 5.74) is 5.69. The molecule has 17 heavy (non-hydrogen) atoms. The Morgan fingerprint density at radius 3 is 2.35 bits per heavy atom. The Bertz CT molecular complexity index is 377. The van der Waals surface area contributed by atoms with Crippen LogP contribution in [0.3, 0.4) is 0 Å². The van der Waals surface area contributed by atoms with E-state index >= 15 is 0 Å². The molecule has 0 aliphatic carbocycles. The summed E-state index contributed by atoms with van der Waals surface area (Å²) in [7, 11) is 0. The first-order chi connectivity index (χ1) is 7.96. The van der Waals surface area contributed by atoms with Crippen molar-refractivity contribution in [2.75, 3.05) is 12.0 Å². The number of nitrogens with one attached hydrogen (secondary N) is 1. The van der Waals surface area contributed by atoms with Gasteiger partial charge >= 0.3 is 0 Å². The third kappa shape index (κ3) is 4.14. The first-order valence-electron chi connectivity index (χ1n) is 6.26. The topological polar surface area (TPSA) is 40.8 Å². The van der Waals surface area contributed by atoms with Gasteiger partial charge in [-0.15, -0.1) is 0 Å². The van der Waals surface area contributed by atoms with E-state index in [9.17, 15) is 0 Å². The van der Waals surface area contributed by atoms with Crippen LogP contribution in [0.4, 0.5) is 0 Å². The van der Waals surface area contributed by atoms with E-state index < -0.39 is 0 Å². The van der Waals surface area contributed by atoms with Gasteiger partial charge in [0.2, 0.25) is 0 Å². The van der Waals surface area contributed by atoms with Crippen LogP contribution in [0.1, 0.15) is 44.5 Å². The average Bonchev–Trinajstić information content (AvgIpc) is 2.59. The highest BCUT2D eigenvalue weighted by atomic mass is 15.4. The number of aryl methyl sites for hydroxylation is 2. The van der Waals surface area contributed by atoms with E-state index in [1.54, 1.807) is 0 Å². The minimum absolute atomic E-state index is 0.181. The maximum Gasteiger partial charge on any atom is 0.0683 e. The highest BCUT2D eigenvalue weighted by molar-refractivity contribution is 5.15. The third-order valence-corrected chi connectivity index (χ3v) is 3.07. The molecule has 0 saturated carbocycles. The van der Waals surface area contributed by atoms with Crippen LogP contribution in [0, 0.1) is 30.6 Å². The molecule has 3 nitrogen and oxygen atoms in total. The third-order valence-electron chi connectivity index (χ3n) is 3.07. The van der Waals surface area contributed by atoms with Crippen LogP contribution in [0.15, 0.2) is 12.1 Å². The molecule has 1 N–H and O–H groups in total. The molecule has 1 aromatic rings. The van der Waals surface area contributed by atoms with Gasteiger partial charge in [-0.2, -0.15) is 5.26 Å². The Kier molecular flexibility index (Phi) is 4.62. The van der Waals surface area contributed by atoms with Gasteiger partial charge in [0.25, 0.3) is 0 Å². The molecule has 0 unspecified atom stereocenters. The van der Waals surface area contributed by atoms with Crippen molar-refractivity contribution in [1.29, 1.82) is 5.26 Å². The van der Waals surface area contributed by atoms with Crippen molar-refractivity contribution in [1.82, 2.24) is 4.68 Å². The summed E-state index contributed by atoms with van der Waals surface area (Å²) >= 11 is 0. The fraction of sp³-hybridized carbons (Fsp3) is 0.643. The number of unbranched alkanes of at least 4 members (excludes halogenated alkanes) is 1. The van der Waals surface area contributed by atoms with Crippen molar-refractivity contribution in [3.8, 4) is 6.07 Å². The Morgan fingerprint density at radius 2 is 1.82 bits per heavy atom. The molecule has 0 spiro atoms. The molecule has 0 aliphatic heterocycles. The van der Waals surface area contributed by atoms with Gasteiger partial charge in [0.05, 0.1) is 11.5 Å². The minimum Gasteiger partial charge on any atom is -0.326 e. The molecule has 1 rings (SSSR count). The smallest absolute Gasteiger partial charge is 0.0683 e. The van der Waals surface area contributed by atoms with Gasteiger partial charge in [0, 0.05) is 17.9 Å². The Hall–Kier alpha value is -1.43. The molecular formula is C14H23N3. The van der Waals surface area contributed by atoms with Gasteiger partial charge in [-0.3, -0.25) is 4.68 Å². The second-order valence-electron chi connectivity index (χ2n) is 5.31. The molecule has 0 saturated heterocycles. The largest absolute Gasteiger partial charge is 0.326 e. The van der Waals surface area contributed by atoms with Crippen molar-refractivity contribution in [2.24, 2.45) is 5.41 Å². The summed E-state index contributed by atoms with van der Waals surface area (Å²) in [5, 5.41) is 8.90. The molecule has 3 heteroatoms. The van der Waals surface area contributed by atoms with E-state index in [0.29, 0.717) is 0 Å². The minimum atomic E-state index is -0.181. The summed E-state index contributed by atoms with van der Waals surface area (Å²) in [6, 6.07) is 6.56. The number of hydrogen-bond acceptors (Lipinski definition) is 2. The second-order valence-corrected chi connectivity index (χ2v) is 5.31. The van der Waals surface area contributed by atoms with Crippen molar-refractivity contribution in [3.05, 3.63) is 23.5 Å². The number of nitrogens with zero attached hydrogens (tertiary/aromatic N) is 2. The van der Waals surface area contributed by atoms with Crippen LogP contribution in [0.5, 0.6) is 0 Å². The molecule has 0 amide bonds. The molecule has 0 radical (unpaired) electrons. The Morgan fingerprint density at radius 1 is 1.24 bits per heavy atom. The van der Waals surface area contributed by atoms with Gasteiger partial charge in [0.1, 0.15) is 0 Å². The molecular weight excluding hydrogens is 210 g/mol. The quantitative estimate of drug-likeness (QED) is 0.765. The van der Waals surface area contributed by atoms with Gasteiger partial charge in [-0.1, -0.05) is 6.42 Å². The standard InChI is InChI=1S/C14H23N3/c1-12-7-8-13(2)17(12)16-10-6-5-9-14(3,4)11-15/h7-8,16H,5-6,9-10H2,1-4H3. The summed E-state index contributed by atoms with van der Waals surface area (Å²) in [6.07, 6.45) is 3.16. The molecule has 1 heterocycles. The van der Waals surface area contributed by atoms with Crippen molar-refractivity contribution >= 4 is 0 Å². The number of hydrogen-bond donors (Lipinski definition) is 1. The SMILES string of the molecule is Cc1ccc(C)n1NCCCCC(C)(C)C#N. The number of rotatable bonds is 6. The molecule has 0 aromatic carbocycles. The first-order valence-corrected chi connectivity index (χ1v) is 6.26. The van der Waals surface area contributed by atoms with Crippen LogP contribution in [0.25, 0.3) is 0 Å². The molecule has 0 atom stereocenters. The predicted molar refractivity (Wildman–Crippen MR) is 71.4 cm³/mol. The van der Waals surface area contributed by atoms with Crippen molar-refractivity contribution < 1.29 is 0 Å². The van der Waals surface area contributed by atoms with Gasteiger partial charge in [-0.05, 0) is 52.7 Å². The lowest BCUT2D eigenvalue weighted by molar-refractivity contribution is 0.428. The molecule has 0 aliphatic rings. The Balaban J connectivity index is 2.24. The lowest BCUT2D eigenvalue weighted by atomic mass is 9.89. The van der Waals surface area contributed by atoms with E-state index in [0.717, 1.165) is 25.8 Å². The number of nitriles is 1. The van der Waals surface area contributed by atoms with Gasteiger partial charge in [-0.25, -0.2) is 0 Å². The Labute approximate surface area is 104 Å². The van der Waals surface area contributed by atoms with E-state index in [1.807, 2.05) is 13.8 Å². The lowest BCUT2D eigenvalue weighted by Gasteiger charge is -2.16. The van der Waals surface area contributed by atoms with Crippen LogP contribution in [-0.2, 0) is 0 Å². The maximum absolute atomic E-state index is 8.90. The average molecular weight is 233 g/mol. The molecule has 94 valence electrons. The van der Waals surface area contributed by atoms with E-state index in [2.05, 4.69) is 42.2 Å². The highest BCUT2D eigenvalue weighted by Crippen LogP contribution is 2.21. The lowest BCUT2D eigenvalue weighted by Crippen LogP contribution is -2.19. The highest BCUT2D eigenvalue weighted by Gasteiger charge is 2.15. The maximum atomic E-state index is 8.90. The summed E-state index contributed by atoms with van der Waals surface area (Å²) in [4.78, 5) is 0. The van der Waals surface area contributed by atoms with Crippen LogP contribution < -0.4 is 5.43 Å². The summed E-state index contributed by atoms with van der Waals surface area (Å²) in [5.74, 6) is 0. The van der Waals surface area contributed by atoms with E-state index in [-0.39, 0.29) is 5.41 Å². The zero-order chi connectivity index (χ0) is 12.9. The van der Waals surface area contributed by atoms with Gasteiger partial charge < -0.3 is 5.43 Å². The molecule has 1 aromatic heterocycles. The van der Waals surface area contributed by atoms with Crippen LogP contribution in [-0.4, -0.2) is 11.2 Å². The fourth-order valence-electron chi connectivity index (χ4n) is 1.86. The van der Waals surface area contributed by atoms with Crippen molar-refractivity contribution in [3.63, 3.8) is 0 Å². The summed E-state index contributed by atoms with van der Waals surface area (Å²) in [6.45, 7) is 9.15. The fourth-order valence-corrected chi connectivity index (χ4v) is 1.86. The van der Waals surface area contributed by atoms with Crippen LogP contribution >= 0.6 is 0 Å². The zero-order valence-corrected chi connectivity index (χ0v) is 11.4. The zero-order valence-electron chi connectivity index (χ0n) is 11.4. The van der Waals surface area contributed by atoms with Crippen molar-refractivity contribution in [2.45, 2.75) is 47.0 Å². The van der Waals surface area contributed by atoms with Gasteiger partial charge in [0.15, 0.2) is 0 Å².